The fourth-order valence-electron chi connectivity index (χ4n) is 1.52. The van der Waals surface area contributed by atoms with Gasteiger partial charge in [0.05, 0.1) is 0 Å². The third-order valence-electron chi connectivity index (χ3n) is 2.41. The van der Waals surface area contributed by atoms with Crippen molar-refractivity contribution >= 4 is 5.97 Å². The molecule has 0 aliphatic carbocycles. The highest BCUT2D eigenvalue weighted by molar-refractivity contribution is 5.74. The molecule has 0 aromatic rings. The van der Waals surface area contributed by atoms with Gasteiger partial charge < -0.3 is 4.74 Å². The summed E-state index contributed by atoms with van der Waals surface area (Å²) in [6, 6.07) is 0. The first-order valence-corrected chi connectivity index (χ1v) is 4.90. The Morgan fingerprint density at radius 3 is 2.67 bits per heavy atom. The van der Waals surface area contributed by atoms with Crippen molar-refractivity contribution in [1.29, 1.82) is 0 Å². The molecule has 0 spiro atoms. The highest BCUT2D eigenvalue weighted by atomic mass is 16.6. The summed E-state index contributed by atoms with van der Waals surface area (Å²) < 4.78 is 5.18. The van der Waals surface area contributed by atoms with Gasteiger partial charge in [-0.15, -0.1) is 0 Å². The van der Waals surface area contributed by atoms with Gasteiger partial charge >= 0.3 is 5.97 Å². The number of cyclic esters (lactones) is 1. The van der Waals surface area contributed by atoms with E-state index in [-0.39, 0.29) is 5.97 Å². The summed E-state index contributed by atoms with van der Waals surface area (Å²) >= 11 is 0. The molecule has 0 atom stereocenters. The van der Waals surface area contributed by atoms with Crippen LogP contribution in [0.5, 0.6) is 0 Å². The highest BCUT2D eigenvalue weighted by Crippen LogP contribution is 2.23. The van der Waals surface area contributed by atoms with Crippen LogP contribution in [0.2, 0.25) is 0 Å². The van der Waals surface area contributed by atoms with E-state index in [0.717, 1.165) is 5.57 Å². The summed E-state index contributed by atoms with van der Waals surface area (Å²) in [7, 11) is 0. The van der Waals surface area contributed by atoms with Crippen molar-refractivity contribution in [1.82, 2.24) is 4.90 Å². The van der Waals surface area contributed by atoms with E-state index in [1.165, 1.54) is 0 Å². The number of rotatable bonds is 4. The van der Waals surface area contributed by atoms with E-state index in [1.807, 2.05) is 24.8 Å². The smallest absolute Gasteiger partial charge is 0.322 e. The summed E-state index contributed by atoms with van der Waals surface area (Å²) in [5.74, 6) is -0.179. The Labute approximate surface area is 90.7 Å². The summed E-state index contributed by atoms with van der Waals surface area (Å²) in [6.45, 7) is 12.1. The van der Waals surface area contributed by atoms with Gasteiger partial charge in [0.15, 0.2) is 5.72 Å². The highest BCUT2D eigenvalue weighted by Gasteiger charge is 2.38. The van der Waals surface area contributed by atoms with Crippen LogP contribution in [0.3, 0.4) is 0 Å². The predicted octanol–water partition coefficient (Wildman–Crippen LogP) is 1.88. The van der Waals surface area contributed by atoms with Crippen molar-refractivity contribution < 1.29 is 9.53 Å². The molecule has 3 nitrogen and oxygen atoms in total. The average molecular weight is 207 g/mol. The fraction of sp³-hybridized carbons (Fsp3) is 0.417. The molecule has 1 rings (SSSR count). The molecular formula is C12H17NO2. The van der Waals surface area contributed by atoms with Gasteiger partial charge in [0.1, 0.15) is 6.54 Å². The second kappa shape index (κ2) is 4.45. The van der Waals surface area contributed by atoms with Crippen molar-refractivity contribution in [2.24, 2.45) is 0 Å². The quantitative estimate of drug-likeness (QED) is 0.520. The number of carbonyl (C=O) groups is 1. The van der Waals surface area contributed by atoms with Crippen LogP contribution < -0.4 is 0 Å². The lowest BCUT2D eigenvalue weighted by Gasteiger charge is -2.28. The Balaban J connectivity index is 2.73. The lowest BCUT2D eigenvalue weighted by Crippen LogP contribution is -2.40. The molecular weight excluding hydrogens is 190 g/mol. The summed E-state index contributed by atoms with van der Waals surface area (Å²) in [6.07, 6.45) is 5.36. The number of esters is 1. The molecule has 0 bridgehead atoms. The van der Waals surface area contributed by atoms with Crippen LogP contribution in [0.25, 0.3) is 0 Å². The Morgan fingerprint density at radius 2 is 2.27 bits per heavy atom. The normalized spacial score (nSPS) is 21.2. The molecule has 0 N–H and O–H groups in total. The molecule has 15 heavy (non-hydrogen) atoms. The third kappa shape index (κ3) is 2.80. The van der Waals surface area contributed by atoms with E-state index in [9.17, 15) is 4.79 Å². The second-order valence-corrected chi connectivity index (χ2v) is 3.96. The minimum absolute atomic E-state index is 0.179. The van der Waals surface area contributed by atoms with Crippen molar-refractivity contribution in [2.45, 2.75) is 19.6 Å². The van der Waals surface area contributed by atoms with E-state index >= 15 is 0 Å². The van der Waals surface area contributed by atoms with Crippen molar-refractivity contribution in [3.63, 3.8) is 0 Å². The topological polar surface area (TPSA) is 29.5 Å². The Bertz CT molecular complexity index is 316. The number of nitrogens with zero attached hydrogens (tertiary/aromatic N) is 1. The van der Waals surface area contributed by atoms with E-state index in [4.69, 9.17) is 4.74 Å². The fourth-order valence-corrected chi connectivity index (χ4v) is 1.52. The Kier molecular flexibility index (Phi) is 3.48. The minimum atomic E-state index is -0.527. The van der Waals surface area contributed by atoms with Crippen LogP contribution >= 0.6 is 0 Å². The number of carbonyl (C=O) groups excluding carboxylic acids is 1. The van der Waals surface area contributed by atoms with Gasteiger partial charge in [0.25, 0.3) is 0 Å². The molecule has 0 aromatic carbocycles. The van der Waals surface area contributed by atoms with E-state index in [0.29, 0.717) is 13.1 Å². The molecule has 3 heteroatoms. The first-order chi connectivity index (χ1) is 6.99. The molecule has 0 saturated carbocycles. The molecule has 0 aromatic heterocycles. The SMILES string of the molecule is C=C/C=C(\C=C)CN1CC(=O)OC1(C)C. The first kappa shape index (κ1) is 11.7. The van der Waals surface area contributed by atoms with Crippen LogP contribution in [0.4, 0.5) is 0 Å². The van der Waals surface area contributed by atoms with Crippen LogP contribution in [0.1, 0.15) is 13.8 Å². The second-order valence-electron chi connectivity index (χ2n) is 3.96. The van der Waals surface area contributed by atoms with E-state index in [2.05, 4.69) is 13.2 Å². The average Bonchev–Trinajstić information content (AvgIpc) is 2.38. The monoisotopic (exact) mass is 207 g/mol. The molecule has 1 fully saturated rings. The molecule has 82 valence electrons. The Morgan fingerprint density at radius 1 is 1.60 bits per heavy atom. The van der Waals surface area contributed by atoms with Gasteiger partial charge in [-0.25, -0.2) is 0 Å². The lowest BCUT2D eigenvalue weighted by atomic mass is 10.2. The molecule has 0 amide bonds. The summed E-state index contributed by atoms with van der Waals surface area (Å²) in [4.78, 5) is 13.1. The maximum Gasteiger partial charge on any atom is 0.322 e. The van der Waals surface area contributed by atoms with Gasteiger partial charge in [0, 0.05) is 6.54 Å². The molecule has 1 saturated heterocycles. The molecule has 1 heterocycles. The predicted molar refractivity (Wildman–Crippen MR) is 60.2 cm³/mol. The third-order valence-corrected chi connectivity index (χ3v) is 2.41. The van der Waals surface area contributed by atoms with Crippen LogP contribution in [-0.2, 0) is 9.53 Å². The Hall–Kier alpha value is -1.35. The summed E-state index contributed by atoms with van der Waals surface area (Å²) in [5, 5.41) is 0. The molecule has 1 aliphatic heterocycles. The minimum Gasteiger partial charge on any atom is -0.443 e. The van der Waals surface area contributed by atoms with Crippen molar-refractivity contribution in [3.8, 4) is 0 Å². The lowest BCUT2D eigenvalue weighted by molar-refractivity contribution is -0.148. The van der Waals surface area contributed by atoms with Gasteiger partial charge in [-0.2, -0.15) is 0 Å². The van der Waals surface area contributed by atoms with Crippen molar-refractivity contribution in [2.75, 3.05) is 13.1 Å². The number of hydrogen-bond acceptors (Lipinski definition) is 3. The van der Waals surface area contributed by atoms with Crippen molar-refractivity contribution in [3.05, 3.63) is 37.0 Å². The summed E-state index contributed by atoms with van der Waals surface area (Å²) in [5.41, 5.74) is 0.497. The zero-order chi connectivity index (χ0) is 11.5. The zero-order valence-electron chi connectivity index (χ0n) is 9.32. The largest absolute Gasteiger partial charge is 0.443 e. The molecule has 0 unspecified atom stereocenters. The molecule has 0 radical (unpaired) electrons. The van der Waals surface area contributed by atoms with Crippen LogP contribution in [0.15, 0.2) is 37.0 Å². The number of hydrogen-bond donors (Lipinski definition) is 0. The van der Waals surface area contributed by atoms with E-state index in [1.54, 1.807) is 12.2 Å². The number of allylic oxidation sites excluding steroid dienone is 2. The maximum absolute atomic E-state index is 11.2. The van der Waals surface area contributed by atoms with Gasteiger partial charge in [-0.1, -0.05) is 31.4 Å². The molecule has 1 aliphatic rings. The van der Waals surface area contributed by atoms with Gasteiger partial charge in [-0.3, -0.25) is 9.69 Å². The first-order valence-electron chi connectivity index (χ1n) is 4.90. The zero-order valence-corrected chi connectivity index (χ0v) is 9.32. The standard InChI is InChI=1S/C12H17NO2/c1-5-7-10(6-2)8-13-9-11(14)15-12(13,3)4/h5-7H,1-2,8-9H2,3-4H3/b10-7+. The van der Waals surface area contributed by atoms with Crippen LogP contribution in [-0.4, -0.2) is 29.7 Å². The van der Waals surface area contributed by atoms with Gasteiger partial charge in [0.2, 0.25) is 0 Å². The maximum atomic E-state index is 11.2. The van der Waals surface area contributed by atoms with E-state index < -0.39 is 5.72 Å². The number of ether oxygens (including phenoxy) is 1. The van der Waals surface area contributed by atoms with Crippen LogP contribution in [0, 0.1) is 0 Å². The van der Waals surface area contributed by atoms with Gasteiger partial charge in [-0.05, 0) is 19.4 Å².